The number of fused-ring (bicyclic) bond motifs is 1. The van der Waals surface area contributed by atoms with Gasteiger partial charge >= 0.3 is 0 Å². The van der Waals surface area contributed by atoms with E-state index in [-0.39, 0.29) is 12.7 Å². The van der Waals surface area contributed by atoms with Crippen LogP contribution in [0.2, 0.25) is 0 Å². The Morgan fingerprint density at radius 1 is 1.44 bits per heavy atom. The zero-order valence-electron chi connectivity index (χ0n) is 10.2. The molecule has 0 spiro atoms. The molecule has 0 saturated heterocycles. The predicted octanol–water partition coefficient (Wildman–Crippen LogP) is 1.48. The van der Waals surface area contributed by atoms with E-state index in [4.69, 9.17) is 15.2 Å². The topological polar surface area (TPSA) is 73.6 Å². The Balaban J connectivity index is 2.02. The minimum Gasteiger partial charge on any atom is -0.454 e. The van der Waals surface area contributed by atoms with E-state index in [9.17, 15) is 4.79 Å². The fourth-order valence-electron chi connectivity index (χ4n) is 1.67. The molecule has 6 heteroatoms. The van der Waals surface area contributed by atoms with Crippen LogP contribution in [0.1, 0.15) is 16.8 Å². The number of benzene rings is 1. The molecule has 0 unspecified atom stereocenters. The molecule has 1 aromatic rings. The van der Waals surface area contributed by atoms with E-state index >= 15 is 0 Å². The lowest BCUT2D eigenvalue weighted by molar-refractivity contribution is 0.0954. The van der Waals surface area contributed by atoms with Gasteiger partial charge in [0.25, 0.3) is 5.91 Å². The molecule has 1 heterocycles. The highest BCUT2D eigenvalue weighted by atomic mass is 32.2. The number of hydrogen-bond acceptors (Lipinski definition) is 5. The maximum absolute atomic E-state index is 11.9. The molecule has 3 N–H and O–H groups in total. The molecular weight excluding hydrogens is 252 g/mol. The predicted molar refractivity (Wildman–Crippen MR) is 72.3 cm³/mol. The van der Waals surface area contributed by atoms with Crippen molar-refractivity contribution < 1.29 is 14.3 Å². The van der Waals surface area contributed by atoms with Gasteiger partial charge in [-0.25, -0.2) is 0 Å². The molecule has 1 aliphatic rings. The number of rotatable bonds is 5. The monoisotopic (exact) mass is 268 g/mol. The molecule has 1 aromatic carbocycles. The number of ether oxygens (including phenoxy) is 2. The van der Waals surface area contributed by atoms with Crippen LogP contribution in [-0.4, -0.2) is 31.3 Å². The second-order valence-electron chi connectivity index (χ2n) is 3.89. The molecule has 5 nitrogen and oxygen atoms in total. The number of anilines is 1. The smallest absolute Gasteiger partial charge is 0.253 e. The fourth-order valence-corrected chi connectivity index (χ4v) is 2.10. The third-order valence-corrected chi connectivity index (χ3v) is 3.30. The zero-order chi connectivity index (χ0) is 13.0. The molecule has 0 aliphatic carbocycles. The Labute approximate surface area is 110 Å². The summed E-state index contributed by atoms with van der Waals surface area (Å²) in [5.74, 6) is 2.01. The summed E-state index contributed by atoms with van der Waals surface area (Å²) in [6, 6.07) is 3.25. The average Bonchev–Trinajstić information content (AvgIpc) is 2.80. The number of thioether (sulfide) groups is 1. The molecule has 1 aliphatic heterocycles. The van der Waals surface area contributed by atoms with Crippen LogP contribution in [0.5, 0.6) is 11.5 Å². The van der Waals surface area contributed by atoms with Crippen molar-refractivity contribution in [1.29, 1.82) is 0 Å². The van der Waals surface area contributed by atoms with Crippen molar-refractivity contribution in [1.82, 2.24) is 5.32 Å². The number of nitrogens with two attached hydrogens (primary N) is 1. The van der Waals surface area contributed by atoms with Gasteiger partial charge in [-0.05, 0) is 24.5 Å². The number of carbonyl (C=O) groups excluding carboxylic acids is 1. The van der Waals surface area contributed by atoms with E-state index in [1.165, 1.54) is 0 Å². The molecule has 2 rings (SSSR count). The number of carbonyl (C=O) groups is 1. The second-order valence-corrected chi connectivity index (χ2v) is 4.88. The molecule has 0 radical (unpaired) electrons. The molecule has 0 atom stereocenters. The van der Waals surface area contributed by atoms with Gasteiger partial charge < -0.3 is 20.5 Å². The lowest BCUT2D eigenvalue weighted by atomic mass is 10.1. The summed E-state index contributed by atoms with van der Waals surface area (Å²) < 4.78 is 10.4. The summed E-state index contributed by atoms with van der Waals surface area (Å²) in [6.07, 6.45) is 2.98. The molecule has 18 heavy (non-hydrogen) atoms. The normalized spacial score (nSPS) is 12.5. The van der Waals surface area contributed by atoms with Crippen LogP contribution in [0.3, 0.4) is 0 Å². The Morgan fingerprint density at radius 2 is 2.17 bits per heavy atom. The van der Waals surface area contributed by atoms with Crippen molar-refractivity contribution in [2.45, 2.75) is 6.42 Å². The fraction of sp³-hybridized carbons (Fsp3) is 0.417. The SMILES string of the molecule is CSCCCNC(=O)c1cc2c(cc1N)OCO2. The first kappa shape index (κ1) is 12.9. The van der Waals surface area contributed by atoms with Gasteiger partial charge in [0.15, 0.2) is 11.5 Å². The summed E-state index contributed by atoms with van der Waals surface area (Å²) >= 11 is 1.76. The molecule has 1 amide bonds. The molecular formula is C12H16N2O3S. The van der Waals surface area contributed by atoms with Crippen molar-refractivity contribution in [3.05, 3.63) is 17.7 Å². The lowest BCUT2D eigenvalue weighted by Crippen LogP contribution is -2.25. The Bertz CT molecular complexity index is 451. The van der Waals surface area contributed by atoms with Gasteiger partial charge in [0.05, 0.1) is 5.56 Å². The highest BCUT2D eigenvalue weighted by Crippen LogP contribution is 2.35. The summed E-state index contributed by atoms with van der Waals surface area (Å²) in [7, 11) is 0. The maximum atomic E-state index is 11.9. The standard InChI is InChI=1S/C12H16N2O3S/c1-18-4-2-3-14-12(15)8-5-10-11(6-9(8)13)17-7-16-10/h5-6H,2-4,7,13H2,1H3,(H,14,15). The minimum atomic E-state index is -0.174. The van der Waals surface area contributed by atoms with Gasteiger partial charge in [-0.15, -0.1) is 0 Å². The first-order chi connectivity index (χ1) is 8.72. The van der Waals surface area contributed by atoms with Crippen molar-refractivity contribution in [3.63, 3.8) is 0 Å². The van der Waals surface area contributed by atoms with E-state index < -0.39 is 0 Å². The Kier molecular flexibility index (Phi) is 4.19. The number of nitrogen functional groups attached to an aromatic ring is 1. The highest BCUT2D eigenvalue weighted by Gasteiger charge is 2.19. The van der Waals surface area contributed by atoms with Gasteiger partial charge in [-0.2, -0.15) is 11.8 Å². The average molecular weight is 268 g/mol. The summed E-state index contributed by atoms with van der Waals surface area (Å²) in [4.78, 5) is 11.9. The zero-order valence-corrected chi connectivity index (χ0v) is 11.0. The van der Waals surface area contributed by atoms with E-state index in [0.717, 1.165) is 12.2 Å². The van der Waals surface area contributed by atoms with E-state index in [1.807, 2.05) is 6.26 Å². The van der Waals surface area contributed by atoms with E-state index in [2.05, 4.69) is 5.32 Å². The number of amides is 1. The van der Waals surface area contributed by atoms with Gasteiger partial charge in [0.2, 0.25) is 6.79 Å². The van der Waals surface area contributed by atoms with E-state index in [1.54, 1.807) is 23.9 Å². The first-order valence-corrected chi connectivity index (χ1v) is 7.08. The number of nitrogens with one attached hydrogen (secondary N) is 1. The summed E-state index contributed by atoms with van der Waals surface area (Å²) in [6.45, 7) is 0.821. The van der Waals surface area contributed by atoms with Gasteiger partial charge in [0, 0.05) is 18.3 Å². The van der Waals surface area contributed by atoms with Crippen molar-refractivity contribution in [3.8, 4) is 11.5 Å². The van der Waals surface area contributed by atoms with Gasteiger partial charge in [-0.3, -0.25) is 4.79 Å². The van der Waals surface area contributed by atoms with Gasteiger partial charge in [0.1, 0.15) is 0 Å². The van der Waals surface area contributed by atoms with Crippen molar-refractivity contribution in [2.75, 3.05) is 31.1 Å². The first-order valence-electron chi connectivity index (χ1n) is 5.68. The van der Waals surface area contributed by atoms with Crippen LogP contribution < -0.4 is 20.5 Å². The van der Waals surface area contributed by atoms with Crippen LogP contribution in [-0.2, 0) is 0 Å². The second kappa shape index (κ2) is 5.86. The van der Waals surface area contributed by atoms with Crippen LogP contribution in [0.15, 0.2) is 12.1 Å². The van der Waals surface area contributed by atoms with Crippen LogP contribution in [0.4, 0.5) is 5.69 Å². The third-order valence-electron chi connectivity index (χ3n) is 2.60. The van der Waals surface area contributed by atoms with Crippen LogP contribution in [0, 0.1) is 0 Å². The summed E-state index contributed by atoms with van der Waals surface area (Å²) in [5.41, 5.74) is 6.66. The van der Waals surface area contributed by atoms with E-state index in [0.29, 0.717) is 29.3 Å². The molecule has 0 fully saturated rings. The van der Waals surface area contributed by atoms with Gasteiger partial charge in [-0.1, -0.05) is 0 Å². The molecule has 98 valence electrons. The van der Waals surface area contributed by atoms with Crippen LogP contribution >= 0.6 is 11.8 Å². The lowest BCUT2D eigenvalue weighted by Gasteiger charge is -2.08. The quantitative estimate of drug-likeness (QED) is 0.625. The van der Waals surface area contributed by atoms with Crippen molar-refractivity contribution in [2.24, 2.45) is 0 Å². The largest absolute Gasteiger partial charge is 0.454 e. The molecule has 0 aromatic heterocycles. The maximum Gasteiger partial charge on any atom is 0.253 e. The van der Waals surface area contributed by atoms with Crippen LogP contribution in [0.25, 0.3) is 0 Å². The third kappa shape index (κ3) is 2.81. The summed E-state index contributed by atoms with van der Waals surface area (Å²) in [5, 5.41) is 2.84. The highest BCUT2D eigenvalue weighted by molar-refractivity contribution is 7.98. The number of hydrogen-bond donors (Lipinski definition) is 2. The Hall–Kier alpha value is -1.56. The minimum absolute atomic E-state index is 0.174. The Morgan fingerprint density at radius 3 is 2.89 bits per heavy atom. The molecule has 0 bridgehead atoms. The molecule has 0 saturated carbocycles. The van der Waals surface area contributed by atoms with Crippen molar-refractivity contribution >= 4 is 23.4 Å².